The fraction of sp³-hybridized carbons (Fsp3) is 0.308. The molecular weight excluding hydrogens is 438 g/mol. The summed E-state index contributed by atoms with van der Waals surface area (Å²) < 4.78 is 34.5. The van der Waals surface area contributed by atoms with Gasteiger partial charge in [0.15, 0.2) is 0 Å². The number of ether oxygens (including phenoxy) is 1. The molecule has 3 aromatic rings. The number of nitrogens with zero attached hydrogens (tertiary/aromatic N) is 1. The summed E-state index contributed by atoms with van der Waals surface area (Å²) >= 11 is 1.65. The summed E-state index contributed by atoms with van der Waals surface area (Å²) in [5.41, 5.74) is 3.13. The molecule has 0 saturated carbocycles. The van der Waals surface area contributed by atoms with Crippen LogP contribution in [0.15, 0.2) is 83.8 Å². The normalized spacial score (nSPS) is 17.4. The molecule has 0 radical (unpaired) electrons. The zero-order chi connectivity index (χ0) is 22.8. The van der Waals surface area contributed by atoms with Gasteiger partial charge in [-0.2, -0.15) is 4.31 Å². The number of sulfonamides is 1. The van der Waals surface area contributed by atoms with E-state index in [2.05, 4.69) is 20.8 Å². The third kappa shape index (κ3) is 5.03. The van der Waals surface area contributed by atoms with E-state index >= 15 is 0 Å². The summed E-state index contributed by atoms with van der Waals surface area (Å²) in [4.78, 5) is 0.342. The molecular formula is C26H29NO3S2. The Balaban J connectivity index is 1.54. The Morgan fingerprint density at radius 1 is 0.969 bits per heavy atom. The van der Waals surface area contributed by atoms with Crippen molar-refractivity contribution in [3.8, 4) is 5.75 Å². The van der Waals surface area contributed by atoms with Crippen LogP contribution in [0.5, 0.6) is 5.75 Å². The van der Waals surface area contributed by atoms with Crippen LogP contribution < -0.4 is 4.74 Å². The van der Waals surface area contributed by atoms with Crippen LogP contribution in [0.25, 0.3) is 0 Å². The molecule has 32 heavy (non-hydrogen) atoms. The smallest absolute Gasteiger partial charge is 0.244 e. The van der Waals surface area contributed by atoms with Gasteiger partial charge in [-0.05, 0) is 46.4 Å². The van der Waals surface area contributed by atoms with Gasteiger partial charge in [0.2, 0.25) is 10.0 Å². The van der Waals surface area contributed by atoms with Crippen molar-refractivity contribution in [2.75, 3.05) is 12.3 Å². The number of hydrogen-bond acceptors (Lipinski definition) is 4. The summed E-state index contributed by atoms with van der Waals surface area (Å²) in [6.07, 6.45) is 0. The minimum atomic E-state index is -3.59. The van der Waals surface area contributed by atoms with Crippen molar-refractivity contribution < 1.29 is 13.2 Å². The number of benzene rings is 3. The van der Waals surface area contributed by atoms with E-state index in [0.29, 0.717) is 18.0 Å². The van der Waals surface area contributed by atoms with Gasteiger partial charge in [-0.1, -0.05) is 75.4 Å². The SMILES string of the molecule is CC(C)(C)c1ccc(S(=O)(=O)N2CCS[C@H]2c2cccc(OCc3ccccc3)c2)cc1. The van der Waals surface area contributed by atoms with Crippen LogP contribution in [-0.4, -0.2) is 25.0 Å². The van der Waals surface area contributed by atoms with Crippen molar-refractivity contribution in [3.63, 3.8) is 0 Å². The number of hydrogen-bond donors (Lipinski definition) is 0. The van der Waals surface area contributed by atoms with Crippen molar-refractivity contribution in [1.82, 2.24) is 4.31 Å². The lowest BCUT2D eigenvalue weighted by atomic mass is 9.87. The highest BCUT2D eigenvalue weighted by atomic mass is 32.2. The molecule has 0 amide bonds. The Bertz CT molecular complexity index is 1150. The lowest BCUT2D eigenvalue weighted by Gasteiger charge is -2.25. The Labute approximate surface area is 195 Å². The summed E-state index contributed by atoms with van der Waals surface area (Å²) in [5, 5.41) is -0.262. The Morgan fingerprint density at radius 2 is 1.69 bits per heavy atom. The van der Waals surface area contributed by atoms with E-state index < -0.39 is 10.0 Å². The van der Waals surface area contributed by atoms with Crippen LogP contribution in [0, 0.1) is 0 Å². The van der Waals surface area contributed by atoms with Crippen LogP contribution in [0.4, 0.5) is 0 Å². The molecule has 0 N–H and O–H groups in total. The summed E-state index contributed by atoms with van der Waals surface area (Å²) in [7, 11) is -3.59. The maximum absolute atomic E-state index is 13.5. The summed E-state index contributed by atoms with van der Waals surface area (Å²) in [6.45, 7) is 7.33. The predicted molar refractivity (Wildman–Crippen MR) is 131 cm³/mol. The van der Waals surface area contributed by atoms with Gasteiger partial charge in [0, 0.05) is 12.3 Å². The first kappa shape index (κ1) is 22.9. The molecule has 3 aromatic carbocycles. The van der Waals surface area contributed by atoms with E-state index in [9.17, 15) is 8.42 Å². The lowest BCUT2D eigenvalue weighted by Crippen LogP contribution is -2.30. The third-order valence-electron chi connectivity index (χ3n) is 5.57. The molecule has 0 aliphatic carbocycles. The first-order valence-corrected chi connectivity index (χ1v) is 13.2. The molecule has 0 unspecified atom stereocenters. The minimum Gasteiger partial charge on any atom is -0.489 e. The fourth-order valence-corrected chi connectivity index (χ4v) is 6.95. The molecule has 6 heteroatoms. The fourth-order valence-electron chi connectivity index (χ4n) is 3.72. The van der Waals surface area contributed by atoms with Gasteiger partial charge in [0.1, 0.15) is 12.4 Å². The second kappa shape index (κ2) is 9.30. The Morgan fingerprint density at radius 3 is 2.38 bits per heavy atom. The van der Waals surface area contributed by atoms with E-state index in [1.165, 1.54) is 0 Å². The van der Waals surface area contributed by atoms with Gasteiger partial charge in [-0.3, -0.25) is 0 Å². The summed E-state index contributed by atoms with van der Waals surface area (Å²) in [5.74, 6) is 1.50. The van der Waals surface area contributed by atoms with Gasteiger partial charge < -0.3 is 4.74 Å². The summed E-state index contributed by atoms with van der Waals surface area (Å²) in [6, 6.07) is 25.1. The van der Waals surface area contributed by atoms with Crippen molar-refractivity contribution in [2.24, 2.45) is 0 Å². The largest absolute Gasteiger partial charge is 0.489 e. The van der Waals surface area contributed by atoms with Gasteiger partial charge >= 0.3 is 0 Å². The molecule has 1 aliphatic heterocycles. The average Bonchev–Trinajstić information content (AvgIpc) is 3.29. The van der Waals surface area contributed by atoms with Crippen molar-refractivity contribution in [2.45, 2.75) is 43.1 Å². The zero-order valence-corrected chi connectivity index (χ0v) is 20.3. The number of thioether (sulfide) groups is 1. The molecule has 1 saturated heterocycles. The second-order valence-electron chi connectivity index (χ2n) is 8.96. The quantitative estimate of drug-likeness (QED) is 0.446. The molecule has 1 aliphatic rings. The van der Waals surface area contributed by atoms with E-state index in [4.69, 9.17) is 4.74 Å². The van der Waals surface area contributed by atoms with Crippen molar-refractivity contribution in [3.05, 3.63) is 95.6 Å². The zero-order valence-electron chi connectivity index (χ0n) is 18.7. The van der Waals surface area contributed by atoms with Crippen LogP contribution in [0.3, 0.4) is 0 Å². The highest BCUT2D eigenvalue weighted by Crippen LogP contribution is 2.42. The highest BCUT2D eigenvalue weighted by molar-refractivity contribution is 8.01. The van der Waals surface area contributed by atoms with Crippen LogP contribution in [0.2, 0.25) is 0 Å². The maximum Gasteiger partial charge on any atom is 0.244 e. The standard InChI is InChI=1S/C26H29NO3S2/c1-26(2,3)22-12-14-24(15-13-22)32(28,29)27-16-17-31-25(27)21-10-7-11-23(18-21)30-19-20-8-5-4-6-9-20/h4-15,18,25H,16-17,19H2,1-3H3/t25-/m0/s1. The third-order valence-corrected chi connectivity index (χ3v) is 8.84. The van der Waals surface area contributed by atoms with Gasteiger partial charge in [-0.15, -0.1) is 11.8 Å². The lowest BCUT2D eigenvalue weighted by molar-refractivity contribution is 0.305. The second-order valence-corrected chi connectivity index (χ2v) is 12.0. The minimum absolute atomic E-state index is 0.0193. The molecule has 1 atom stereocenters. The van der Waals surface area contributed by atoms with Crippen molar-refractivity contribution >= 4 is 21.8 Å². The molecule has 0 bridgehead atoms. The van der Waals surface area contributed by atoms with E-state index in [1.807, 2.05) is 66.7 Å². The van der Waals surface area contributed by atoms with Crippen LogP contribution >= 0.6 is 11.8 Å². The van der Waals surface area contributed by atoms with E-state index in [-0.39, 0.29) is 10.8 Å². The molecule has 1 heterocycles. The topological polar surface area (TPSA) is 46.6 Å². The molecule has 4 rings (SSSR count). The number of rotatable bonds is 6. The molecule has 1 fully saturated rings. The van der Waals surface area contributed by atoms with Crippen LogP contribution in [0.1, 0.15) is 42.8 Å². The van der Waals surface area contributed by atoms with Crippen LogP contribution in [-0.2, 0) is 22.0 Å². The van der Waals surface area contributed by atoms with Crippen molar-refractivity contribution in [1.29, 1.82) is 0 Å². The molecule has 0 aromatic heterocycles. The van der Waals surface area contributed by atoms with E-state index in [0.717, 1.165) is 28.2 Å². The van der Waals surface area contributed by atoms with E-state index in [1.54, 1.807) is 28.2 Å². The Kier molecular flexibility index (Phi) is 6.65. The monoisotopic (exact) mass is 467 g/mol. The molecule has 4 nitrogen and oxygen atoms in total. The first-order chi connectivity index (χ1) is 15.2. The molecule has 168 valence electrons. The average molecular weight is 468 g/mol. The molecule has 0 spiro atoms. The van der Waals surface area contributed by atoms with Gasteiger partial charge in [-0.25, -0.2) is 8.42 Å². The van der Waals surface area contributed by atoms with Gasteiger partial charge in [0.05, 0.1) is 10.3 Å². The predicted octanol–water partition coefficient (Wildman–Crippen LogP) is 6.00. The maximum atomic E-state index is 13.5. The highest BCUT2D eigenvalue weighted by Gasteiger charge is 2.37. The van der Waals surface area contributed by atoms with Gasteiger partial charge in [0.25, 0.3) is 0 Å². The first-order valence-electron chi connectivity index (χ1n) is 10.8. The Hall–Kier alpha value is -2.28.